The van der Waals surface area contributed by atoms with Crippen LogP contribution >= 0.6 is 0 Å². The van der Waals surface area contributed by atoms with Gasteiger partial charge in [0.1, 0.15) is 11.6 Å². The number of benzene rings is 1. The minimum absolute atomic E-state index is 0.0680. The third-order valence-corrected chi connectivity index (χ3v) is 3.68. The summed E-state index contributed by atoms with van der Waals surface area (Å²) in [4.78, 5) is 0. The molecule has 0 aliphatic rings. The molecule has 0 aromatic heterocycles. The molecule has 2 atom stereocenters. The fourth-order valence-electron chi connectivity index (χ4n) is 2.28. The number of phenolic OH excluding ortho intramolecular Hbond substituents is 1. The summed E-state index contributed by atoms with van der Waals surface area (Å²) in [6.45, 7) is 6.38. The Hall–Kier alpha value is -1.13. The lowest BCUT2D eigenvalue weighted by Gasteiger charge is -2.23. The van der Waals surface area contributed by atoms with Gasteiger partial charge in [-0.25, -0.2) is 4.39 Å². The Balaban J connectivity index is 2.60. The summed E-state index contributed by atoms with van der Waals surface area (Å²) in [6, 6.07) is 3.68. The van der Waals surface area contributed by atoms with E-state index in [9.17, 15) is 14.6 Å². The van der Waals surface area contributed by atoms with E-state index in [1.807, 2.05) is 6.92 Å². The van der Waals surface area contributed by atoms with E-state index in [2.05, 4.69) is 19.2 Å². The van der Waals surface area contributed by atoms with Crippen LogP contribution in [0.5, 0.6) is 5.75 Å². The predicted molar refractivity (Wildman–Crippen MR) is 74.6 cm³/mol. The number of aliphatic hydroxyl groups excluding tert-OH is 1. The average molecular weight is 269 g/mol. The second-order valence-corrected chi connectivity index (χ2v) is 4.98. The lowest BCUT2D eigenvalue weighted by Crippen LogP contribution is -2.34. The molecule has 0 fully saturated rings. The van der Waals surface area contributed by atoms with E-state index in [0.29, 0.717) is 12.1 Å². The molecule has 1 rings (SSSR count). The third kappa shape index (κ3) is 4.48. The van der Waals surface area contributed by atoms with Crippen molar-refractivity contribution in [2.45, 2.75) is 45.8 Å². The predicted octanol–water partition coefficient (Wildman–Crippen LogP) is 2.98. The molecule has 1 aromatic rings. The first kappa shape index (κ1) is 15.9. The molecule has 0 heterocycles. The smallest absolute Gasteiger partial charge is 0.123 e. The summed E-state index contributed by atoms with van der Waals surface area (Å²) in [5.41, 5.74) is 0.511. The number of halogens is 1. The lowest BCUT2D eigenvalue weighted by molar-refractivity contribution is 0.0988. The number of nitrogens with one attached hydrogen (secondary N) is 1. The van der Waals surface area contributed by atoms with Crippen LogP contribution in [0.25, 0.3) is 0 Å². The summed E-state index contributed by atoms with van der Waals surface area (Å²) in [6.07, 6.45) is 1.44. The molecule has 0 saturated carbocycles. The first-order valence-electron chi connectivity index (χ1n) is 6.89. The lowest BCUT2D eigenvalue weighted by atomic mass is 9.96. The van der Waals surface area contributed by atoms with Crippen molar-refractivity contribution in [3.8, 4) is 5.75 Å². The summed E-state index contributed by atoms with van der Waals surface area (Å²) in [5, 5.41) is 22.9. The number of aliphatic hydroxyl groups is 1. The van der Waals surface area contributed by atoms with E-state index in [0.717, 1.165) is 12.8 Å². The van der Waals surface area contributed by atoms with Gasteiger partial charge in [-0.1, -0.05) is 26.7 Å². The van der Waals surface area contributed by atoms with Gasteiger partial charge in [0.05, 0.1) is 6.10 Å². The maximum Gasteiger partial charge on any atom is 0.123 e. The summed E-state index contributed by atoms with van der Waals surface area (Å²) >= 11 is 0. The Bertz CT molecular complexity index is 394. The van der Waals surface area contributed by atoms with Gasteiger partial charge in [0.15, 0.2) is 0 Å². The van der Waals surface area contributed by atoms with Gasteiger partial charge in [0, 0.05) is 18.2 Å². The van der Waals surface area contributed by atoms with Crippen molar-refractivity contribution < 1.29 is 14.6 Å². The molecule has 0 aliphatic heterocycles. The molecule has 0 radical (unpaired) electrons. The van der Waals surface area contributed by atoms with E-state index in [1.165, 1.54) is 18.2 Å². The first-order chi connectivity index (χ1) is 8.99. The van der Waals surface area contributed by atoms with Crippen molar-refractivity contribution in [3.63, 3.8) is 0 Å². The monoisotopic (exact) mass is 269 g/mol. The highest BCUT2D eigenvalue weighted by Gasteiger charge is 2.17. The highest BCUT2D eigenvalue weighted by molar-refractivity contribution is 5.34. The van der Waals surface area contributed by atoms with Crippen molar-refractivity contribution in [1.29, 1.82) is 0 Å². The van der Waals surface area contributed by atoms with E-state index in [-0.39, 0.29) is 23.5 Å². The topological polar surface area (TPSA) is 52.5 Å². The van der Waals surface area contributed by atoms with Crippen LogP contribution in [0.2, 0.25) is 0 Å². The maximum atomic E-state index is 13.2. The zero-order valence-electron chi connectivity index (χ0n) is 11.9. The molecular weight excluding hydrogens is 245 g/mol. The molecule has 0 bridgehead atoms. The minimum atomic E-state index is -0.423. The van der Waals surface area contributed by atoms with Crippen LogP contribution < -0.4 is 5.32 Å². The number of rotatable bonds is 7. The van der Waals surface area contributed by atoms with Crippen molar-refractivity contribution in [1.82, 2.24) is 5.32 Å². The van der Waals surface area contributed by atoms with E-state index >= 15 is 0 Å². The van der Waals surface area contributed by atoms with Gasteiger partial charge in [-0.05, 0) is 31.0 Å². The molecule has 0 aliphatic carbocycles. The number of hydrogen-bond acceptors (Lipinski definition) is 3. The molecule has 2 unspecified atom stereocenters. The van der Waals surface area contributed by atoms with Crippen LogP contribution in [0.4, 0.5) is 4.39 Å². The van der Waals surface area contributed by atoms with Crippen LogP contribution in [-0.4, -0.2) is 22.9 Å². The molecule has 4 heteroatoms. The second-order valence-electron chi connectivity index (χ2n) is 4.98. The molecule has 0 spiro atoms. The van der Waals surface area contributed by atoms with Gasteiger partial charge in [0.2, 0.25) is 0 Å². The Kier molecular flexibility index (Phi) is 6.25. The SMILES string of the molecule is CCC(CC)C(O)CNC(C)c1cc(F)ccc1O. The zero-order valence-corrected chi connectivity index (χ0v) is 11.9. The molecule has 0 amide bonds. The number of aromatic hydroxyl groups is 1. The summed E-state index contributed by atoms with van der Waals surface area (Å²) in [7, 11) is 0. The fraction of sp³-hybridized carbons (Fsp3) is 0.600. The summed E-state index contributed by atoms with van der Waals surface area (Å²) in [5.74, 6) is -0.0405. The van der Waals surface area contributed by atoms with Crippen molar-refractivity contribution >= 4 is 0 Å². The average Bonchev–Trinajstić information content (AvgIpc) is 2.40. The Morgan fingerprint density at radius 2 is 1.89 bits per heavy atom. The fourth-order valence-corrected chi connectivity index (χ4v) is 2.28. The Morgan fingerprint density at radius 3 is 2.47 bits per heavy atom. The van der Waals surface area contributed by atoms with Crippen molar-refractivity contribution in [2.24, 2.45) is 5.92 Å². The molecular formula is C15H24FNO2. The van der Waals surface area contributed by atoms with Crippen molar-refractivity contribution in [2.75, 3.05) is 6.54 Å². The van der Waals surface area contributed by atoms with Crippen LogP contribution in [-0.2, 0) is 0 Å². The third-order valence-electron chi connectivity index (χ3n) is 3.68. The van der Waals surface area contributed by atoms with E-state index < -0.39 is 6.10 Å². The molecule has 0 saturated heterocycles. The second kappa shape index (κ2) is 7.46. The summed E-state index contributed by atoms with van der Waals surface area (Å²) < 4.78 is 13.2. The standard InChI is InChI=1S/C15H24FNO2/c1-4-11(5-2)15(19)9-17-10(3)13-8-12(16)6-7-14(13)18/h6-8,10-11,15,17-19H,4-5,9H2,1-3H3. The Labute approximate surface area is 114 Å². The van der Waals surface area contributed by atoms with Gasteiger partial charge >= 0.3 is 0 Å². The van der Waals surface area contributed by atoms with Crippen molar-refractivity contribution in [3.05, 3.63) is 29.6 Å². The van der Waals surface area contributed by atoms with Gasteiger partial charge in [-0.3, -0.25) is 0 Å². The van der Waals surface area contributed by atoms with E-state index in [4.69, 9.17) is 0 Å². The van der Waals surface area contributed by atoms with E-state index in [1.54, 1.807) is 0 Å². The zero-order chi connectivity index (χ0) is 14.4. The van der Waals surface area contributed by atoms with Crippen LogP contribution in [0.15, 0.2) is 18.2 Å². The molecule has 19 heavy (non-hydrogen) atoms. The quantitative estimate of drug-likeness (QED) is 0.713. The molecule has 108 valence electrons. The molecule has 3 nitrogen and oxygen atoms in total. The van der Waals surface area contributed by atoms with Gasteiger partial charge in [-0.2, -0.15) is 0 Å². The van der Waals surface area contributed by atoms with Crippen LogP contribution in [0, 0.1) is 11.7 Å². The van der Waals surface area contributed by atoms with Gasteiger partial charge < -0.3 is 15.5 Å². The normalized spacial score (nSPS) is 14.6. The molecule has 1 aromatic carbocycles. The van der Waals surface area contributed by atoms with Crippen LogP contribution in [0.3, 0.4) is 0 Å². The highest BCUT2D eigenvalue weighted by Crippen LogP contribution is 2.25. The Morgan fingerprint density at radius 1 is 1.26 bits per heavy atom. The maximum absolute atomic E-state index is 13.2. The van der Waals surface area contributed by atoms with Gasteiger partial charge in [-0.15, -0.1) is 0 Å². The number of phenols is 1. The minimum Gasteiger partial charge on any atom is -0.508 e. The highest BCUT2D eigenvalue weighted by atomic mass is 19.1. The van der Waals surface area contributed by atoms with Gasteiger partial charge in [0.25, 0.3) is 0 Å². The largest absolute Gasteiger partial charge is 0.508 e. The number of hydrogen-bond donors (Lipinski definition) is 3. The first-order valence-corrected chi connectivity index (χ1v) is 6.89. The molecule has 3 N–H and O–H groups in total. The van der Waals surface area contributed by atoms with Crippen LogP contribution in [0.1, 0.15) is 45.2 Å².